The number of primary amides is 1. The molecular formula is C10H12FNO. The highest BCUT2D eigenvalue weighted by Crippen LogP contribution is 2.18. The number of carbonyl (C=O) groups is 1. The summed E-state index contributed by atoms with van der Waals surface area (Å²) < 4.78 is 12.5. The summed E-state index contributed by atoms with van der Waals surface area (Å²) in [4.78, 5) is 10.6. The Morgan fingerprint density at radius 1 is 1.46 bits per heavy atom. The van der Waals surface area contributed by atoms with Crippen molar-refractivity contribution in [2.24, 2.45) is 5.73 Å². The zero-order valence-corrected chi connectivity index (χ0v) is 7.46. The third-order valence-electron chi connectivity index (χ3n) is 1.95. The first-order chi connectivity index (χ1) is 6.09. The van der Waals surface area contributed by atoms with Crippen molar-refractivity contribution in [1.29, 1.82) is 0 Å². The molecule has 13 heavy (non-hydrogen) atoms. The van der Waals surface area contributed by atoms with Gasteiger partial charge in [0.05, 0.1) is 0 Å². The molecule has 1 rings (SSSR count). The maximum Gasteiger partial charge on any atom is 0.218 e. The van der Waals surface area contributed by atoms with Gasteiger partial charge in [-0.3, -0.25) is 4.79 Å². The number of amides is 1. The van der Waals surface area contributed by atoms with Crippen molar-refractivity contribution in [3.63, 3.8) is 0 Å². The SMILES string of the molecule is C[C@H](CC(N)=O)c1ccc(F)cc1. The molecule has 1 aromatic rings. The number of rotatable bonds is 3. The Bertz CT molecular complexity index is 294. The lowest BCUT2D eigenvalue weighted by atomic mass is 9.98. The molecule has 0 heterocycles. The largest absolute Gasteiger partial charge is 0.370 e. The molecule has 0 aliphatic rings. The number of nitrogens with two attached hydrogens (primary N) is 1. The second-order valence-corrected chi connectivity index (χ2v) is 3.12. The molecule has 70 valence electrons. The molecule has 3 heteroatoms. The van der Waals surface area contributed by atoms with Gasteiger partial charge in [0.25, 0.3) is 0 Å². The van der Waals surface area contributed by atoms with Gasteiger partial charge in [-0.05, 0) is 23.6 Å². The molecule has 0 saturated heterocycles. The topological polar surface area (TPSA) is 43.1 Å². The van der Waals surface area contributed by atoms with Gasteiger partial charge >= 0.3 is 0 Å². The van der Waals surface area contributed by atoms with E-state index in [-0.39, 0.29) is 17.6 Å². The van der Waals surface area contributed by atoms with Crippen molar-refractivity contribution in [3.8, 4) is 0 Å². The predicted octanol–water partition coefficient (Wildman–Crippen LogP) is 1.80. The summed E-state index contributed by atoms with van der Waals surface area (Å²) in [6, 6.07) is 6.10. The van der Waals surface area contributed by atoms with E-state index in [4.69, 9.17) is 5.73 Å². The molecule has 0 bridgehead atoms. The lowest BCUT2D eigenvalue weighted by molar-refractivity contribution is -0.118. The minimum atomic E-state index is -0.336. The van der Waals surface area contributed by atoms with Crippen LogP contribution in [0.15, 0.2) is 24.3 Å². The average molecular weight is 181 g/mol. The maximum absolute atomic E-state index is 12.5. The summed E-state index contributed by atoms with van der Waals surface area (Å²) in [5.74, 6) is -0.551. The van der Waals surface area contributed by atoms with Crippen molar-refractivity contribution in [3.05, 3.63) is 35.6 Å². The Hall–Kier alpha value is -1.38. The number of hydrogen-bond acceptors (Lipinski definition) is 1. The summed E-state index contributed by atoms with van der Waals surface area (Å²) in [7, 11) is 0. The van der Waals surface area contributed by atoms with Crippen LogP contribution < -0.4 is 5.73 Å². The van der Waals surface area contributed by atoms with Crippen molar-refractivity contribution in [2.75, 3.05) is 0 Å². The number of carbonyl (C=O) groups excluding carboxylic acids is 1. The van der Waals surface area contributed by atoms with E-state index in [2.05, 4.69) is 0 Å². The molecule has 1 amide bonds. The van der Waals surface area contributed by atoms with Crippen molar-refractivity contribution in [1.82, 2.24) is 0 Å². The summed E-state index contributed by atoms with van der Waals surface area (Å²) >= 11 is 0. The molecule has 0 aliphatic carbocycles. The Labute approximate surface area is 76.6 Å². The second-order valence-electron chi connectivity index (χ2n) is 3.12. The normalized spacial score (nSPS) is 12.5. The quantitative estimate of drug-likeness (QED) is 0.759. The standard InChI is InChI=1S/C10H12FNO/c1-7(6-10(12)13)8-2-4-9(11)5-3-8/h2-5,7H,6H2,1H3,(H2,12,13)/t7-/m1/s1. The van der Waals surface area contributed by atoms with Gasteiger partial charge < -0.3 is 5.73 Å². The van der Waals surface area contributed by atoms with Crippen molar-refractivity contribution >= 4 is 5.91 Å². The first kappa shape index (κ1) is 9.71. The molecule has 2 nitrogen and oxygen atoms in total. The van der Waals surface area contributed by atoms with E-state index in [1.165, 1.54) is 12.1 Å². The van der Waals surface area contributed by atoms with Gasteiger partial charge in [0, 0.05) is 6.42 Å². The van der Waals surface area contributed by atoms with Crippen LogP contribution in [0.2, 0.25) is 0 Å². The number of benzene rings is 1. The van der Waals surface area contributed by atoms with E-state index in [9.17, 15) is 9.18 Å². The van der Waals surface area contributed by atoms with Gasteiger partial charge in [0.2, 0.25) is 5.91 Å². The van der Waals surface area contributed by atoms with Crippen LogP contribution in [0, 0.1) is 5.82 Å². The Morgan fingerprint density at radius 3 is 2.46 bits per heavy atom. The molecule has 0 unspecified atom stereocenters. The fourth-order valence-electron chi connectivity index (χ4n) is 1.21. The lowest BCUT2D eigenvalue weighted by Gasteiger charge is -2.08. The monoisotopic (exact) mass is 181 g/mol. The highest BCUT2D eigenvalue weighted by Gasteiger charge is 2.08. The number of hydrogen-bond donors (Lipinski definition) is 1. The zero-order chi connectivity index (χ0) is 9.84. The minimum absolute atomic E-state index is 0.0538. The van der Waals surface area contributed by atoms with E-state index in [1.807, 2.05) is 6.92 Å². The lowest BCUT2D eigenvalue weighted by Crippen LogP contribution is -2.13. The van der Waals surface area contributed by atoms with Crippen LogP contribution in [0.3, 0.4) is 0 Å². The summed E-state index contributed by atoms with van der Waals surface area (Å²) in [5.41, 5.74) is 5.98. The summed E-state index contributed by atoms with van der Waals surface area (Å²) in [6.45, 7) is 1.89. The van der Waals surface area contributed by atoms with Crippen LogP contribution in [0.4, 0.5) is 4.39 Å². The fourth-order valence-corrected chi connectivity index (χ4v) is 1.21. The van der Waals surface area contributed by atoms with Gasteiger partial charge in [-0.15, -0.1) is 0 Å². The van der Waals surface area contributed by atoms with Crippen LogP contribution in [0.25, 0.3) is 0 Å². The average Bonchev–Trinajstić information content (AvgIpc) is 2.04. The van der Waals surface area contributed by atoms with Crippen molar-refractivity contribution < 1.29 is 9.18 Å². The third-order valence-corrected chi connectivity index (χ3v) is 1.95. The van der Waals surface area contributed by atoms with Crippen LogP contribution in [0.5, 0.6) is 0 Å². The predicted molar refractivity (Wildman–Crippen MR) is 48.6 cm³/mol. The minimum Gasteiger partial charge on any atom is -0.370 e. The molecule has 0 radical (unpaired) electrons. The molecule has 0 saturated carbocycles. The Morgan fingerprint density at radius 2 is 2.00 bits per heavy atom. The molecule has 0 spiro atoms. The van der Waals surface area contributed by atoms with Gasteiger partial charge in [0.1, 0.15) is 5.82 Å². The molecule has 1 atom stereocenters. The smallest absolute Gasteiger partial charge is 0.218 e. The van der Waals surface area contributed by atoms with Crippen LogP contribution in [0.1, 0.15) is 24.8 Å². The van der Waals surface area contributed by atoms with Gasteiger partial charge in [0.15, 0.2) is 0 Å². The van der Waals surface area contributed by atoms with Crippen LogP contribution >= 0.6 is 0 Å². The van der Waals surface area contributed by atoms with Crippen LogP contribution in [-0.4, -0.2) is 5.91 Å². The summed E-state index contributed by atoms with van der Waals surface area (Å²) in [5, 5.41) is 0. The first-order valence-electron chi connectivity index (χ1n) is 4.13. The zero-order valence-electron chi connectivity index (χ0n) is 7.46. The van der Waals surface area contributed by atoms with E-state index >= 15 is 0 Å². The van der Waals surface area contributed by atoms with E-state index in [0.717, 1.165) is 5.56 Å². The van der Waals surface area contributed by atoms with E-state index < -0.39 is 0 Å². The second kappa shape index (κ2) is 4.03. The Kier molecular flexibility index (Phi) is 3.01. The maximum atomic E-state index is 12.5. The molecule has 0 aliphatic heterocycles. The van der Waals surface area contributed by atoms with Crippen LogP contribution in [-0.2, 0) is 4.79 Å². The molecular weight excluding hydrogens is 169 g/mol. The number of halogens is 1. The first-order valence-corrected chi connectivity index (χ1v) is 4.13. The molecule has 2 N–H and O–H groups in total. The molecule has 1 aromatic carbocycles. The molecule has 0 fully saturated rings. The van der Waals surface area contributed by atoms with Gasteiger partial charge in [-0.25, -0.2) is 4.39 Å². The van der Waals surface area contributed by atoms with Gasteiger partial charge in [-0.1, -0.05) is 19.1 Å². The Balaban J connectivity index is 2.71. The van der Waals surface area contributed by atoms with E-state index in [0.29, 0.717) is 6.42 Å². The highest BCUT2D eigenvalue weighted by molar-refractivity contribution is 5.74. The fraction of sp³-hybridized carbons (Fsp3) is 0.300. The highest BCUT2D eigenvalue weighted by atomic mass is 19.1. The molecule has 0 aromatic heterocycles. The van der Waals surface area contributed by atoms with Gasteiger partial charge in [-0.2, -0.15) is 0 Å². The van der Waals surface area contributed by atoms with E-state index in [1.54, 1.807) is 12.1 Å². The summed E-state index contributed by atoms with van der Waals surface area (Å²) in [6.07, 6.45) is 0.297. The van der Waals surface area contributed by atoms with Crippen molar-refractivity contribution in [2.45, 2.75) is 19.3 Å². The third kappa shape index (κ3) is 2.86.